The van der Waals surface area contributed by atoms with E-state index in [0.29, 0.717) is 5.71 Å². The summed E-state index contributed by atoms with van der Waals surface area (Å²) in [5.41, 5.74) is 15.7. The third-order valence-corrected chi connectivity index (χ3v) is 9.38. The molecule has 5 heteroatoms. The van der Waals surface area contributed by atoms with Crippen molar-refractivity contribution in [3.8, 4) is 44.9 Å². The summed E-state index contributed by atoms with van der Waals surface area (Å²) in [6, 6.07) is 43.7. The summed E-state index contributed by atoms with van der Waals surface area (Å²) in [7, 11) is 0. The van der Waals surface area contributed by atoms with Crippen LogP contribution in [0.5, 0.6) is 0 Å². The summed E-state index contributed by atoms with van der Waals surface area (Å²) < 4.78 is 6.45. The van der Waals surface area contributed by atoms with Crippen LogP contribution in [0.3, 0.4) is 0 Å². The Hall–Kier alpha value is -5.22. The summed E-state index contributed by atoms with van der Waals surface area (Å²) >= 11 is 0. The molecule has 52 heavy (non-hydrogen) atoms. The van der Waals surface area contributed by atoms with Crippen molar-refractivity contribution in [2.24, 2.45) is 0 Å². The second kappa shape index (κ2) is 15.2. The molecule has 0 aliphatic carbocycles. The van der Waals surface area contributed by atoms with Crippen molar-refractivity contribution in [1.82, 2.24) is 15.0 Å². The molecule has 0 atom stereocenters. The van der Waals surface area contributed by atoms with E-state index in [1.165, 1.54) is 38.9 Å². The number of rotatable bonds is 4. The van der Waals surface area contributed by atoms with Crippen LogP contribution in [-0.4, -0.2) is 15.0 Å². The fourth-order valence-electron chi connectivity index (χ4n) is 6.78. The van der Waals surface area contributed by atoms with Gasteiger partial charge in [0.2, 0.25) is 5.71 Å². The molecule has 0 aliphatic rings. The van der Waals surface area contributed by atoms with Crippen LogP contribution in [0.2, 0.25) is 0 Å². The van der Waals surface area contributed by atoms with E-state index in [2.05, 4.69) is 125 Å². The van der Waals surface area contributed by atoms with Gasteiger partial charge in [-0.3, -0.25) is 0 Å². The van der Waals surface area contributed by atoms with E-state index in [4.69, 9.17) is 14.4 Å². The SMILES string of the molecule is Cc1cc(-c2[c-]ccc3c2oc2nc(-c4c(C)ccc(-c5ccccc5)c4C)ccc23)ncc1C(C)(C)C.Cc1ccc(-c2[c-]cccc2)nc1.[Ir]. The third kappa shape index (κ3) is 7.39. The van der Waals surface area contributed by atoms with Gasteiger partial charge in [-0.05, 0) is 90.0 Å². The number of hydrogen-bond donors (Lipinski definition) is 0. The van der Waals surface area contributed by atoms with Crippen LogP contribution >= 0.6 is 0 Å². The van der Waals surface area contributed by atoms with Crippen molar-refractivity contribution < 1.29 is 24.5 Å². The zero-order valence-electron chi connectivity index (χ0n) is 30.6. The van der Waals surface area contributed by atoms with Crippen molar-refractivity contribution >= 4 is 22.1 Å². The van der Waals surface area contributed by atoms with Gasteiger partial charge in [-0.2, -0.15) is 0 Å². The molecular weight excluding hydrogens is 815 g/mol. The van der Waals surface area contributed by atoms with Crippen LogP contribution in [0.4, 0.5) is 0 Å². The largest absolute Gasteiger partial charge is 0.486 e. The maximum atomic E-state index is 6.45. The number of aromatic nitrogens is 3. The van der Waals surface area contributed by atoms with Gasteiger partial charge in [0.05, 0.1) is 11.3 Å². The van der Waals surface area contributed by atoms with E-state index in [1.54, 1.807) is 0 Å². The average Bonchev–Trinajstić information content (AvgIpc) is 3.51. The molecule has 4 heterocycles. The Balaban J connectivity index is 0.000000279. The van der Waals surface area contributed by atoms with Gasteiger partial charge < -0.3 is 14.4 Å². The standard InChI is InChI=1S/C35H31N2O.C12H10N.Ir/c1-21-15-16-25(24-11-8-7-9-12-24)23(3)32(21)30-18-17-27-26-13-10-14-28(33(26)38-34(27)37-30)31-19-22(2)29(20-36-31)35(4,5)6;1-10-7-8-12(13-9-10)11-5-3-2-4-6-11;/h7-13,15-20H,1-6H3;2-5,7-9H,1H3;/q2*-1;. The average molecular weight is 856 g/mol. The monoisotopic (exact) mass is 856 g/mol. The summed E-state index contributed by atoms with van der Waals surface area (Å²) in [6.07, 6.45) is 3.86. The first kappa shape index (κ1) is 36.6. The Kier molecular flexibility index (Phi) is 10.7. The van der Waals surface area contributed by atoms with Gasteiger partial charge in [-0.1, -0.05) is 97.9 Å². The molecule has 4 aromatic heterocycles. The number of hydrogen-bond acceptors (Lipinski definition) is 4. The fourth-order valence-corrected chi connectivity index (χ4v) is 6.78. The molecular formula is C47H41IrN3O-2. The summed E-state index contributed by atoms with van der Waals surface area (Å²) in [5, 5.41) is 2.02. The van der Waals surface area contributed by atoms with Crippen molar-refractivity contribution in [2.75, 3.05) is 0 Å². The number of benzene rings is 4. The Morgan fingerprint density at radius 1 is 0.635 bits per heavy atom. The number of nitrogens with zero attached hydrogens (tertiary/aromatic N) is 3. The van der Waals surface area contributed by atoms with Crippen LogP contribution in [0.1, 0.15) is 48.6 Å². The number of furan rings is 1. The molecule has 4 nitrogen and oxygen atoms in total. The first-order valence-electron chi connectivity index (χ1n) is 17.4. The zero-order chi connectivity index (χ0) is 35.7. The summed E-state index contributed by atoms with van der Waals surface area (Å²) in [5.74, 6) is 0. The van der Waals surface area contributed by atoms with E-state index in [-0.39, 0.29) is 25.5 Å². The van der Waals surface area contributed by atoms with Gasteiger partial charge in [0.25, 0.3) is 0 Å². The van der Waals surface area contributed by atoms with Gasteiger partial charge in [0.1, 0.15) is 0 Å². The Bertz CT molecular complexity index is 2480. The van der Waals surface area contributed by atoms with Crippen LogP contribution in [-0.2, 0) is 25.5 Å². The van der Waals surface area contributed by atoms with E-state index < -0.39 is 0 Å². The molecule has 0 spiro atoms. The second-order valence-electron chi connectivity index (χ2n) is 14.2. The molecule has 261 valence electrons. The molecule has 0 fully saturated rings. The maximum absolute atomic E-state index is 6.45. The molecule has 1 radical (unpaired) electrons. The Morgan fingerprint density at radius 3 is 2.08 bits per heavy atom. The van der Waals surface area contributed by atoms with Crippen LogP contribution in [0.15, 0.2) is 126 Å². The first-order chi connectivity index (χ1) is 24.6. The minimum Gasteiger partial charge on any atom is -0.486 e. The topological polar surface area (TPSA) is 51.8 Å². The quantitative estimate of drug-likeness (QED) is 0.166. The van der Waals surface area contributed by atoms with E-state index >= 15 is 0 Å². The predicted octanol–water partition coefficient (Wildman–Crippen LogP) is 12.3. The maximum Gasteiger partial charge on any atom is 0.216 e. The Labute approximate surface area is 320 Å². The number of fused-ring (bicyclic) bond motifs is 3. The van der Waals surface area contributed by atoms with Gasteiger partial charge in [-0.15, -0.1) is 54.1 Å². The van der Waals surface area contributed by atoms with E-state index in [9.17, 15) is 0 Å². The van der Waals surface area contributed by atoms with Gasteiger partial charge >= 0.3 is 0 Å². The van der Waals surface area contributed by atoms with E-state index in [1.807, 2.05) is 61.8 Å². The molecule has 8 aromatic rings. The predicted molar refractivity (Wildman–Crippen MR) is 211 cm³/mol. The van der Waals surface area contributed by atoms with Gasteiger partial charge in [0.15, 0.2) is 0 Å². The fraction of sp³-hybridized carbons (Fsp3) is 0.170. The van der Waals surface area contributed by atoms with Crippen molar-refractivity contribution in [3.63, 3.8) is 0 Å². The first-order valence-corrected chi connectivity index (χ1v) is 17.4. The summed E-state index contributed by atoms with van der Waals surface area (Å²) in [4.78, 5) is 14.2. The molecule has 0 saturated heterocycles. The molecule has 0 bridgehead atoms. The minimum absolute atomic E-state index is 0. The van der Waals surface area contributed by atoms with Crippen molar-refractivity contribution in [2.45, 2.75) is 53.9 Å². The zero-order valence-corrected chi connectivity index (χ0v) is 33.0. The van der Waals surface area contributed by atoms with Crippen LogP contribution in [0.25, 0.3) is 67.0 Å². The van der Waals surface area contributed by atoms with E-state index in [0.717, 1.165) is 50.1 Å². The second-order valence-corrected chi connectivity index (χ2v) is 14.2. The summed E-state index contributed by atoms with van der Waals surface area (Å²) in [6.45, 7) is 15.1. The molecule has 0 amide bonds. The molecule has 0 saturated carbocycles. The van der Waals surface area contributed by atoms with Crippen molar-refractivity contribution in [1.29, 1.82) is 0 Å². The van der Waals surface area contributed by atoms with Gasteiger partial charge in [0, 0.05) is 43.4 Å². The van der Waals surface area contributed by atoms with Gasteiger partial charge in [-0.25, -0.2) is 4.98 Å². The molecule has 8 rings (SSSR count). The number of aryl methyl sites for hydroxylation is 3. The number of pyridine rings is 3. The normalized spacial score (nSPS) is 11.2. The molecule has 0 aliphatic heterocycles. The Morgan fingerprint density at radius 2 is 1.38 bits per heavy atom. The van der Waals surface area contributed by atoms with Crippen molar-refractivity contribution in [3.05, 3.63) is 162 Å². The molecule has 0 unspecified atom stereocenters. The minimum atomic E-state index is 0. The smallest absolute Gasteiger partial charge is 0.216 e. The van der Waals surface area contributed by atoms with Crippen LogP contribution < -0.4 is 0 Å². The molecule has 4 aromatic carbocycles. The molecule has 0 N–H and O–H groups in total. The van der Waals surface area contributed by atoms with Crippen LogP contribution in [0, 0.1) is 39.8 Å². The third-order valence-electron chi connectivity index (χ3n) is 9.38.